The van der Waals surface area contributed by atoms with Gasteiger partial charge >= 0.3 is 5.97 Å². The van der Waals surface area contributed by atoms with E-state index in [0.717, 1.165) is 29.2 Å². The van der Waals surface area contributed by atoms with E-state index < -0.39 is 11.8 Å². The smallest absolute Gasteiger partial charge is 0.313 e. The Bertz CT molecular complexity index is 456. The minimum absolute atomic E-state index is 0.150. The zero-order chi connectivity index (χ0) is 13.2. The van der Waals surface area contributed by atoms with Crippen LogP contribution in [0.25, 0.3) is 0 Å². The van der Waals surface area contributed by atoms with Gasteiger partial charge in [-0.05, 0) is 29.9 Å². The van der Waals surface area contributed by atoms with Crippen molar-refractivity contribution in [2.75, 3.05) is 11.5 Å². The lowest BCUT2D eigenvalue weighted by Crippen LogP contribution is -2.29. The molecule has 0 saturated carbocycles. The first kappa shape index (κ1) is 13.1. The lowest BCUT2D eigenvalue weighted by Gasteiger charge is -2.16. The van der Waals surface area contributed by atoms with Crippen LogP contribution in [-0.4, -0.2) is 28.4 Å². The van der Waals surface area contributed by atoms with Gasteiger partial charge in [0, 0.05) is 13.8 Å². The Labute approximate surface area is 110 Å². The molecule has 0 aromatic heterocycles. The Morgan fingerprint density at radius 3 is 2.78 bits per heavy atom. The van der Waals surface area contributed by atoms with Gasteiger partial charge in [-0.3, -0.25) is 4.79 Å². The highest BCUT2D eigenvalue weighted by Crippen LogP contribution is 2.39. The van der Waals surface area contributed by atoms with E-state index in [-0.39, 0.29) is 5.75 Å². The van der Waals surface area contributed by atoms with Crippen LogP contribution >= 0.6 is 11.8 Å². The molecule has 2 rings (SSSR count). The van der Waals surface area contributed by atoms with Crippen LogP contribution in [0.15, 0.2) is 18.2 Å². The van der Waals surface area contributed by atoms with Crippen molar-refractivity contribution < 1.29 is 19.4 Å². The molecule has 0 fully saturated rings. The third kappa shape index (κ3) is 3.32. The zero-order valence-electron chi connectivity index (χ0n) is 10.4. The van der Waals surface area contributed by atoms with Crippen molar-refractivity contribution >= 4 is 17.7 Å². The number of benzene rings is 1. The fraction of sp³-hybridized carbons (Fsp3) is 0.462. The number of rotatable bonds is 5. The van der Waals surface area contributed by atoms with Gasteiger partial charge < -0.3 is 14.6 Å². The maximum absolute atomic E-state index is 10.4. The number of thioether (sulfide) groups is 1. The fourth-order valence-corrected chi connectivity index (χ4v) is 2.47. The standard InChI is InChI=1S/C13H16O4S/c1-13(2)16-10-4-3-9(7-11(10)17-13)5-6-18-8-12(14)15/h3-4,7H,5-6,8H2,1-2H3,(H,14,15). The van der Waals surface area contributed by atoms with E-state index in [9.17, 15) is 4.79 Å². The summed E-state index contributed by atoms with van der Waals surface area (Å²) in [6.45, 7) is 3.74. The Hall–Kier alpha value is -1.36. The summed E-state index contributed by atoms with van der Waals surface area (Å²) in [6, 6.07) is 5.86. The molecule has 0 bridgehead atoms. The summed E-state index contributed by atoms with van der Waals surface area (Å²) >= 11 is 1.42. The monoisotopic (exact) mass is 268 g/mol. The fourth-order valence-electron chi connectivity index (χ4n) is 1.77. The van der Waals surface area contributed by atoms with Crippen LogP contribution in [0.3, 0.4) is 0 Å². The van der Waals surface area contributed by atoms with Crippen molar-refractivity contribution in [3.8, 4) is 11.5 Å². The van der Waals surface area contributed by atoms with E-state index >= 15 is 0 Å². The first-order chi connectivity index (χ1) is 8.46. The van der Waals surface area contributed by atoms with E-state index in [1.165, 1.54) is 11.8 Å². The largest absolute Gasteiger partial charge is 0.481 e. The molecule has 1 aromatic carbocycles. The molecule has 0 radical (unpaired) electrons. The number of carboxylic acids is 1. The van der Waals surface area contributed by atoms with Crippen molar-refractivity contribution in [2.45, 2.75) is 26.1 Å². The first-order valence-electron chi connectivity index (χ1n) is 5.77. The van der Waals surface area contributed by atoms with Gasteiger partial charge in [0.05, 0.1) is 5.75 Å². The lowest BCUT2D eigenvalue weighted by molar-refractivity contribution is -0.133. The topological polar surface area (TPSA) is 55.8 Å². The molecule has 0 unspecified atom stereocenters. The molecule has 1 N–H and O–H groups in total. The average molecular weight is 268 g/mol. The molecule has 0 atom stereocenters. The second-order valence-electron chi connectivity index (χ2n) is 4.58. The molecule has 1 aliphatic heterocycles. The summed E-state index contributed by atoms with van der Waals surface area (Å²) in [4.78, 5) is 10.4. The molecule has 5 heteroatoms. The Balaban J connectivity index is 1.91. The van der Waals surface area contributed by atoms with Crippen LogP contribution in [0.4, 0.5) is 0 Å². The van der Waals surface area contributed by atoms with Gasteiger partial charge in [-0.1, -0.05) is 6.07 Å². The summed E-state index contributed by atoms with van der Waals surface area (Å²) in [5.41, 5.74) is 1.13. The molecule has 1 aromatic rings. The Morgan fingerprint density at radius 2 is 2.06 bits per heavy atom. The third-order valence-electron chi connectivity index (χ3n) is 2.48. The minimum atomic E-state index is -0.771. The maximum atomic E-state index is 10.4. The highest BCUT2D eigenvalue weighted by Gasteiger charge is 2.31. The maximum Gasteiger partial charge on any atom is 0.313 e. The number of fused-ring (bicyclic) bond motifs is 1. The molecule has 18 heavy (non-hydrogen) atoms. The van der Waals surface area contributed by atoms with Gasteiger partial charge in [0.15, 0.2) is 11.5 Å². The second-order valence-corrected chi connectivity index (χ2v) is 5.69. The van der Waals surface area contributed by atoms with Gasteiger partial charge in [0.2, 0.25) is 5.79 Å². The van der Waals surface area contributed by atoms with Crippen LogP contribution in [0.2, 0.25) is 0 Å². The Morgan fingerprint density at radius 1 is 1.33 bits per heavy atom. The van der Waals surface area contributed by atoms with Gasteiger partial charge in [0.1, 0.15) is 0 Å². The predicted octanol–water partition coefficient (Wildman–Crippen LogP) is 2.55. The lowest BCUT2D eigenvalue weighted by atomic mass is 10.1. The van der Waals surface area contributed by atoms with Crippen molar-refractivity contribution in [3.05, 3.63) is 23.8 Å². The van der Waals surface area contributed by atoms with Crippen molar-refractivity contribution in [1.82, 2.24) is 0 Å². The highest BCUT2D eigenvalue weighted by atomic mass is 32.2. The molecule has 1 aliphatic rings. The molecule has 0 saturated heterocycles. The summed E-state index contributed by atoms with van der Waals surface area (Å²) in [5.74, 6) is 1.10. The van der Waals surface area contributed by atoms with Crippen molar-refractivity contribution in [1.29, 1.82) is 0 Å². The summed E-state index contributed by atoms with van der Waals surface area (Å²) in [6.07, 6.45) is 0.828. The normalized spacial score (nSPS) is 15.7. The van der Waals surface area contributed by atoms with Crippen LogP contribution < -0.4 is 9.47 Å². The second kappa shape index (κ2) is 5.10. The summed E-state index contributed by atoms with van der Waals surface area (Å²) in [5, 5.41) is 8.54. The summed E-state index contributed by atoms with van der Waals surface area (Å²) < 4.78 is 11.3. The summed E-state index contributed by atoms with van der Waals surface area (Å²) in [7, 11) is 0. The van der Waals surface area contributed by atoms with E-state index in [1.807, 2.05) is 32.0 Å². The number of hydrogen-bond donors (Lipinski definition) is 1. The zero-order valence-corrected chi connectivity index (χ0v) is 11.3. The minimum Gasteiger partial charge on any atom is -0.481 e. The van der Waals surface area contributed by atoms with E-state index in [2.05, 4.69) is 0 Å². The third-order valence-corrected chi connectivity index (χ3v) is 3.42. The van der Waals surface area contributed by atoms with Gasteiger partial charge in [-0.25, -0.2) is 0 Å². The molecule has 4 nitrogen and oxygen atoms in total. The molecular weight excluding hydrogens is 252 g/mol. The molecule has 0 spiro atoms. The van der Waals surface area contributed by atoms with Gasteiger partial charge in [-0.15, -0.1) is 11.8 Å². The quantitative estimate of drug-likeness (QED) is 0.832. The van der Waals surface area contributed by atoms with E-state index in [0.29, 0.717) is 0 Å². The molecule has 1 heterocycles. The van der Waals surface area contributed by atoms with E-state index in [4.69, 9.17) is 14.6 Å². The van der Waals surface area contributed by atoms with Crippen LogP contribution in [0.1, 0.15) is 19.4 Å². The van der Waals surface area contributed by atoms with Crippen LogP contribution in [0, 0.1) is 0 Å². The van der Waals surface area contributed by atoms with Crippen molar-refractivity contribution in [2.24, 2.45) is 0 Å². The van der Waals surface area contributed by atoms with Gasteiger partial charge in [-0.2, -0.15) is 0 Å². The van der Waals surface area contributed by atoms with Crippen LogP contribution in [-0.2, 0) is 11.2 Å². The number of carboxylic acid groups (broad SMARTS) is 1. The number of aliphatic carboxylic acids is 1. The molecule has 0 aliphatic carbocycles. The average Bonchev–Trinajstić information content (AvgIpc) is 2.57. The van der Waals surface area contributed by atoms with Crippen LogP contribution in [0.5, 0.6) is 11.5 Å². The Kier molecular flexibility index (Phi) is 3.71. The van der Waals surface area contributed by atoms with E-state index in [1.54, 1.807) is 0 Å². The number of aryl methyl sites for hydroxylation is 1. The highest BCUT2D eigenvalue weighted by molar-refractivity contribution is 7.99. The predicted molar refractivity (Wildman–Crippen MR) is 70.4 cm³/mol. The van der Waals surface area contributed by atoms with Crippen molar-refractivity contribution in [3.63, 3.8) is 0 Å². The molecular formula is C13H16O4S. The SMILES string of the molecule is CC1(C)Oc2ccc(CCSCC(=O)O)cc2O1. The molecule has 0 amide bonds. The number of hydrogen-bond acceptors (Lipinski definition) is 4. The van der Waals surface area contributed by atoms with Gasteiger partial charge in [0.25, 0.3) is 0 Å². The number of carbonyl (C=O) groups is 1. The number of ether oxygens (including phenoxy) is 2. The molecule has 98 valence electrons. The first-order valence-corrected chi connectivity index (χ1v) is 6.92.